The zero-order valence-electron chi connectivity index (χ0n) is 17.8. The number of fused-ring (bicyclic) bond motifs is 2. The van der Waals surface area contributed by atoms with Gasteiger partial charge in [0.15, 0.2) is 0 Å². The van der Waals surface area contributed by atoms with E-state index < -0.39 is 5.97 Å². The van der Waals surface area contributed by atoms with Gasteiger partial charge in [0.1, 0.15) is 12.4 Å². The lowest BCUT2D eigenvalue weighted by Gasteiger charge is -2.24. The lowest BCUT2D eigenvalue weighted by molar-refractivity contribution is 0.0161. The molecule has 1 unspecified atom stereocenters. The Morgan fingerprint density at radius 3 is 2.79 bits per heavy atom. The van der Waals surface area contributed by atoms with Crippen molar-refractivity contribution in [1.82, 2.24) is 0 Å². The van der Waals surface area contributed by atoms with Crippen LogP contribution >= 0.6 is 11.8 Å². The maximum absolute atomic E-state index is 13.8. The highest BCUT2D eigenvalue weighted by Crippen LogP contribution is 2.42. The van der Waals surface area contributed by atoms with Gasteiger partial charge in [-0.1, -0.05) is 36.0 Å². The minimum Gasteiger partial charge on any atom is -0.459 e. The Morgan fingerprint density at radius 2 is 1.97 bits per heavy atom. The summed E-state index contributed by atoms with van der Waals surface area (Å²) >= 11 is 1.47. The number of carbonyl (C=O) groups is 2. The highest BCUT2D eigenvalue weighted by atomic mass is 32.2. The molecule has 0 radical (unpaired) electrons. The standard InChI is InChI=1S/C26H22FNO4S/c27-19-6-3-5-17(13-19)15-28-22-14-18(26(30)32-16-20-7-4-12-31-20)10-11-24(22)33-23-9-2-1-8-21(23)25(28)29/h1-3,5-6,8-11,13-14,20H,4,7,12,15-16H2. The number of carbonyl (C=O) groups excluding carboxylic acids is 2. The number of hydrogen-bond acceptors (Lipinski definition) is 5. The molecule has 1 amide bonds. The summed E-state index contributed by atoms with van der Waals surface area (Å²) in [5.41, 5.74) is 2.18. The molecule has 2 aliphatic rings. The van der Waals surface area contributed by atoms with E-state index in [1.807, 2.05) is 24.3 Å². The van der Waals surface area contributed by atoms with Crippen LogP contribution < -0.4 is 4.90 Å². The van der Waals surface area contributed by atoms with Gasteiger partial charge in [0.05, 0.1) is 29.5 Å². The molecule has 33 heavy (non-hydrogen) atoms. The molecule has 0 aromatic heterocycles. The van der Waals surface area contributed by atoms with Crippen molar-refractivity contribution in [3.05, 3.63) is 89.2 Å². The van der Waals surface area contributed by atoms with Crippen LogP contribution in [0.1, 0.15) is 39.1 Å². The first-order valence-corrected chi connectivity index (χ1v) is 11.7. The van der Waals surface area contributed by atoms with Gasteiger partial charge >= 0.3 is 5.97 Å². The fourth-order valence-electron chi connectivity index (χ4n) is 4.05. The topological polar surface area (TPSA) is 55.8 Å². The summed E-state index contributed by atoms with van der Waals surface area (Å²) in [5, 5.41) is 0. The quantitative estimate of drug-likeness (QED) is 0.470. The molecule has 0 spiro atoms. The van der Waals surface area contributed by atoms with Gasteiger partial charge in [-0.15, -0.1) is 0 Å². The van der Waals surface area contributed by atoms with Crippen LogP contribution in [0.25, 0.3) is 0 Å². The van der Waals surface area contributed by atoms with E-state index in [-0.39, 0.29) is 31.0 Å². The number of rotatable bonds is 5. The molecule has 0 N–H and O–H groups in total. The molecule has 3 aromatic carbocycles. The van der Waals surface area contributed by atoms with Crippen LogP contribution in [0.5, 0.6) is 0 Å². The van der Waals surface area contributed by atoms with Crippen molar-refractivity contribution in [2.45, 2.75) is 35.3 Å². The number of amides is 1. The summed E-state index contributed by atoms with van der Waals surface area (Å²) in [6.07, 6.45) is 1.78. The van der Waals surface area contributed by atoms with Crippen molar-refractivity contribution < 1.29 is 23.5 Å². The van der Waals surface area contributed by atoms with Crippen LogP contribution in [-0.2, 0) is 16.0 Å². The first-order valence-electron chi connectivity index (χ1n) is 10.8. The molecular weight excluding hydrogens is 441 g/mol. The number of ether oxygens (including phenoxy) is 2. The number of benzene rings is 3. The maximum Gasteiger partial charge on any atom is 0.338 e. The van der Waals surface area contributed by atoms with Gasteiger partial charge in [0.2, 0.25) is 0 Å². The summed E-state index contributed by atoms with van der Waals surface area (Å²) in [6.45, 7) is 1.07. The van der Waals surface area contributed by atoms with Crippen molar-refractivity contribution in [3.63, 3.8) is 0 Å². The minimum atomic E-state index is -0.460. The first-order chi connectivity index (χ1) is 16.1. The minimum absolute atomic E-state index is 0.0640. The largest absolute Gasteiger partial charge is 0.459 e. The zero-order valence-corrected chi connectivity index (χ0v) is 18.6. The normalized spacial score (nSPS) is 17.3. The predicted molar refractivity (Wildman–Crippen MR) is 123 cm³/mol. The number of esters is 1. The summed E-state index contributed by atoms with van der Waals surface area (Å²) in [6, 6.07) is 18.8. The number of hydrogen-bond donors (Lipinski definition) is 0. The second-order valence-corrected chi connectivity index (χ2v) is 9.12. The molecule has 0 aliphatic carbocycles. The highest BCUT2D eigenvalue weighted by molar-refractivity contribution is 7.99. The summed E-state index contributed by atoms with van der Waals surface area (Å²) in [7, 11) is 0. The fraction of sp³-hybridized carbons (Fsp3) is 0.231. The summed E-state index contributed by atoms with van der Waals surface area (Å²) in [4.78, 5) is 29.6. The van der Waals surface area contributed by atoms with E-state index in [2.05, 4.69) is 0 Å². The van der Waals surface area contributed by atoms with Crippen molar-refractivity contribution in [1.29, 1.82) is 0 Å². The van der Waals surface area contributed by atoms with E-state index >= 15 is 0 Å². The first kappa shape index (κ1) is 21.7. The molecule has 168 valence electrons. The Hall–Kier alpha value is -3.16. The van der Waals surface area contributed by atoms with Crippen LogP contribution in [0.3, 0.4) is 0 Å². The average molecular weight is 464 g/mol. The van der Waals surface area contributed by atoms with Gasteiger partial charge in [-0.25, -0.2) is 9.18 Å². The van der Waals surface area contributed by atoms with Gasteiger partial charge in [0.25, 0.3) is 5.91 Å². The Morgan fingerprint density at radius 1 is 1.09 bits per heavy atom. The second kappa shape index (κ2) is 9.37. The van der Waals surface area contributed by atoms with Gasteiger partial charge < -0.3 is 14.4 Å². The van der Waals surface area contributed by atoms with E-state index in [9.17, 15) is 14.0 Å². The third-order valence-corrected chi connectivity index (χ3v) is 6.86. The molecule has 7 heteroatoms. The SMILES string of the molecule is O=C(OCC1CCCO1)c1ccc2c(c1)N(Cc1cccc(F)c1)C(=O)c1ccccc1S2. The smallest absolute Gasteiger partial charge is 0.338 e. The van der Waals surface area contributed by atoms with Crippen molar-refractivity contribution in [2.75, 3.05) is 18.1 Å². The van der Waals surface area contributed by atoms with Crippen LogP contribution in [0.15, 0.2) is 76.5 Å². The maximum atomic E-state index is 13.8. The Kier molecular flexibility index (Phi) is 6.15. The molecule has 0 bridgehead atoms. The Balaban J connectivity index is 1.49. The van der Waals surface area contributed by atoms with Crippen LogP contribution in [0.2, 0.25) is 0 Å². The van der Waals surface area contributed by atoms with E-state index in [4.69, 9.17) is 9.47 Å². The summed E-state index contributed by atoms with van der Waals surface area (Å²) < 4.78 is 24.8. The molecule has 1 fully saturated rings. The van der Waals surface area contributed by atoms with E-state index in [1.165, 1.54) is 23.9 Å². The molecule has 1 saturated heterocycles. The van der Waals surface area contributed by atoms with Gasteiger partial charge in [0, 0.05) is 16.4 Å². The van der Waals surface area contributed by atoms with Gasteiger partial charge in [-0.3, -0.25) is 4.79 Å². The zero-order chi connectivity index (χ0) is 22.8. The number of nitrogens with zero attached hydrogens (tertiary/aromatic N) is 1. The molecule has 0 saturated carbocycles. The van der Waals surface area contributed by atoms with Gasteiger partial charge in [-0.2, -0.15) is 0 Å². The Labute approximate surface area is 195 Å². The number of anilines is 1. The Bertz CT molecular complexity index is 1210. The average Bonchev–Trinajstić information content (AvgIpc) is 3.31. The van der Waals surface area contributed by atoms with Crippen molar-refractivity contribution >= 4 is 29.3 Å². The third kappa shape index (κ3) is 4.65. The van der Waals surface area contributed by atoms with Crippen molar-refractivity contribution in [2.24, 2.45) is 0 Å². The van der Waals surface area contributed by atoms with E-state index in [0.717, 1.165) is 22.6 Å². The van der Waals surface area contributed by atoms with Crippen LogP contribution in [-0.4, -0.2) is 31.2 Å². The third-order valence-electron chi connectivity index (χ3n) is 5.72. The van der Waals surface area contributed by atoms with Gasteiger partial charge in [-0.05, 0) is 60.9 Å². The lowest BCUT2D eigenvalue weighted by Crippen LogP contribution is -2.30. The molecule has 1 atom stereocenters. The molecule has 2 heterocycles. The summed E-state index contributed by atoms with van der Waals surface area (Å²) in [5.74, 6) is -1.03. The van der Waals surface area contributed by atoms with Crippen LogP contribution in [0, 0.1) is 5.82 Å². The molecule has 5 nitrogen and oxygen atoms in total. The van der Waals surface area contributed by atoms with Crippen molar-refractivity contribution in [3.8, 4) is 0 Å². The molecule has 3 aromatic rings. The van der Waals surface area contributed by atoms with E-state index in [0.29, 0.717) is 29.0 Å². The molecule has 5 rings (SSSR count). The fourth-order valence-corrected chi connectivity index (χ4v) is 5.11. The highest BCUT2D eigenvalue weighted by Gasteiger charge is 2.28. The predicted octanol–water partition coefficient (Wildman–Crippen LogP) is 5.47. The molecule has 2 aliphatic heterocycles. The lowest BCUT2D eigenvalue weighted by atomic mass is 10.1. The number of halogens is 1. The van der Waals surface area contributed by atoms with Crippen LogP contribution in [0.4, 0.5) is 10.1 Å². The van der Waals surface area contributed by atoms with E-state index in [1.54, 1.807) is 35.2 Å². The monoisotopic (exact) mass is 463 g/mol. The molecular formula is C26H22FNO4S. The second-order valence-electron chi connectivity index (χ2n) is 8.04.